The molecule has 3 aliphatic rings. The summed E-state index contributed by atoms with van der Waals surface area (Å²) >= 11 is 1.52. The molecule has 35 heavy (non-hydrogen) atoms. The number of aryl methyl sites for hydroxylation is 1. The number of likely N-dealkylation sites (tertiary alicyclic amines) is 1. The fraction of sp³-hybridized carbons (Fsp3) is 0.577. The first kappa shape index (κ1) is 24.1. The molecule has 0 radical (unpaired) electrons. The second-order valence-electron chi connectivity index (χ2n) is 9.85. The number of methoxy groups -OCH3 is 1. The van der Waals surface area contributed by atoms with Crippen LogP contribution < -0.4 is 10.2 Å². The largest absolute Gasteiger partial charge is 0.384 e. The van der Waals surface area contributed by atoms with Crippen molar-refractivity contribution in [1.29, 1.82) is 0 Å². The molecule has 1 N–H and O–H groups in total. The number of rotatable bonds is 5. The Morgan fingerprint density at radius 2 is 1.86 bits per heavy atom. The van der Waals surface area contributed by atoms with Crippen molar-refractivity contribution in [2.45, 2.75) is 45.1 Å². The maximum Gasteiger partial charge on any atom is 0.322 e. The highest BCUT2D eigenvalue weighted by Crippen LogP contribution is 2.32. The number of ether oxygens (including phenoxy) is 1. The number of urea groups is 1. The van der Waals surface area contributed by atoms with Gasteiger partial charge in [-0.1, -0.05) is 29.5 Å². The van der Waals surface area contributed by atoms with Crippen LogP contribution in [0.15, 0.2) is 24.3 Å². The lowest BCUT2D eigenvalue weighted by molar-refractivity contribution is 0.0617. The molecule has 0 atom stereocenters. The van der Waals surface area contributed by atoms with E-state index in [2.05, 4.69) is 16.3 Å². The molecule has 0 spiro atoms. The minimum absolute atomic E-state index is 0.000598. The zero-order chi connectivity index (χ0) is 24.4. The summed E-state index contributed by atoms with van der Waals surface area (Å²) in [7, 11) is 1.74. The molecule has 0 bridgehead atoms. The van der Waals surface area contributed by atoms with Gasteiger partial charge in [-0.05, 0) is 56.6 Å². The molecule has 2 aromatic rings. The zero-order valence-corrected chi connectivity index (χ0v) is 21.5. The molecule has 4 heterocycles. The maximum atomic E-state index is 13.2. The Balaban J connectivity index is 1.18. The van der Waals surface area contributed by atoms with Gasteiger partial charge in [-0.15, -0.1) is 0 Å². The lowest BCUT2D eigenvalue weighted by Gasteiger charge is -2.37. The minimum Gasteiger partial charge on any atom is -0.384 e. The van der Waals surface area contributed by atoms with Gasteiger partial charge in [0.05, 0.1) is 5.69 Å². The second-order valence-corrected chi connectivity index (χ2v) is 10.8. The quantitative estimate of drug-likeness (QED) is 0.675. The molecule has 0 unspecified atom stereocenters. The van der Waals surface area contributed by atoms with Crippen LogP contribution in [0.3, 0.4) is 0 Å². The number of hydrogen-bond acceptors (Lipinski definition) is 6. The van der Waals surface area contributed by atoms with Crippen LogP contribution >= 0.6 is 11.3 Å². The van der Waals surface area contributed by atoms with Crippen molar-refractivity contribution in [3.63, 3.8) is 0 Å². The van der Waals surface area contributed by atoms with Crippen molar-refractivity contribution >= 4 is 34.1 Å². The number of anilines is 2. The van der Waals surface area contributed by atoms with Gasteiger partial charge in [0.1, 0.15) is 4.88 Å². The molecule has 1 aromatic carbocycles. The number of thiazole rings is 1. The average molecular weight is 498 g/mol. The number of aromatic nitrogens is 1. The van der Waals surface area contributed by atoms with Gasteiger partial charge in [-0.2, -0.15) is 0 Å². The molecule has 3 amide bonds. The Bertz CT molecular complexity index is 1060. The normalized spacial score (nSPS) is 19.9. The van der Waals surface area contributed by atoms with E-state index in [-0.39, 0.29) is 18.0 Å². The van der Waals surface area contributed by atoms with Crippen LogP contribution in [0, 0.1) is 12.8 Å². The van der Waals surface area contributed by atoms with Crippen LogP contribution in [-0.2, 0) is 11.2 Å². The topological polar surface area (TPSA) is 78.0 Å². The van der Waals surface area contributed by atoms with Crippen molar-refractivity contribution in [3.8, 4) is 0 Å². The van der Waals surface area contributed by atoms with Crippen LogP contribution in [0.25, 0.3) is 0 Å². The summed E-state index contributed by atoms with van der Waals surface area (Å²) in [5.41, 5.74) is 2.94. The molecule has 5 rings (SSSR count). The molecule has 188 valence electrons. The van der Waals surface area contributed by atoms with E-state index in [1.54, 1.807) is 7.11 Å². The number of carbonyl (C=O) groups is 2. The maximum absolute atomic E-state index is 13.2. The number of hydrogen-bond donors (Lipinski definition) is 1. The van der Waals surface area contributed by atoms with Crippen LogP contribution in [0.2, 0.25) is 0 Å². The standard InChI is InChI=1S/C26H35N5O3S/c1-18-23(24(32)29-12-7-19(8-13-29)17-34-2)35-26(27-18)30-14-10-21(11-15-30)31-16-9-20-5-3-4-6-22(20)28-25(31)33/h3-6,19,21H,7-17H2,1-2H3,(H,28,33). The van der Waals surface area contributed by atoms with Gasteiger partial charge in [0.15, 0.2) is 5.13 Å². The molecule has 0 aliphatic carbocycles. The highest BCUT2D eigenvalue weighted by Gasteiger charge is 2.32. The van der Waals surface area contributed by atoms with E-state index in [4.69, 9.17) is 9.72 Å². The predicted octanol–water partition coefficient (Wildman–Crippen LogP) is 4.01. The highest BCUT2D eigenvalue weighted by atomic mass is 32.1. The first-order chi connectivity index (χ1) is 17.0. The fourth-order valence-electron chi connectivity index (χ4n) is 5.50. The summed E-state index contributed by atoms with van der Waals surface area (Å²) in [6, 6.07) is 8.28. The Kier molecular flexibility index (Phi) is 7.24. The SMILES string of the molecule is COCC1CCN(C(=O)c2sc(N3CCC(N4CCc5ccccc5NC4=O)CC3)nc2C)CC1. The molecule has 9 heteroatoms. The van der Waals surface area contributed by atoms with Crippen molar-refractivity contribution in [2.24, 2.45) is 5.92 Å². The first-order valence-electron chi connectivity index (χ1n) is 12.7. The third-order valence-corrected chi connectivity index (χ3v) is 8.81. The molecular formula is C26H35N5O3S. The predicted molar refractivity (Wildman–Crippen MR) is 138 cm³/mol. The number of nitrogens with zero attached hydrogens (tertiary/aromatic N) is 4. The van der Waals surface area contributed by atoms with Gasteiger partial charge in [-0.3, -0.25) is 4.79 Å². The minimum atomic E-state index is 0.000598. The molecular weight excluding hydrogens is 462 g/mol. The zero-order valence-electron chi connectivity index (χ0n) is 20.7. The van der Waals surface area contributed by atoms with Crippen molar-refractivity contribution in [1.82, 2.24) is 14.8 Å². The first-order valence-corrected chi connectivity index (χ1v) is 13.5. The van der Waals surface area contributed by atoms with E-state index in [9.17, 15) is 9.59 Å². The molecule has 0 saturated carbocycles. The number of piperidine rings is 2. The van der Waals surface area contributed by atoms with Crippen molar-refractivity contribution in [2.75, 3.05) is 56.7 Å². The van der Waals surface area contributed by atoms with E-state index >= 15 is 0 Å². The van der Waals surface area contributed by atoms with E-state index in [0.717, 1.165) is 92.8 Å². The Labute approximate surface area is 211 Å². The number of nitrogens with one attached hydrogen (secondary N) is 1. The summed E-state index contributed by atoms with van der Waals surface area (Å²) in [6.07, 6.45) is 4.66. The van der Waals surface area contributed by atoms with E-state index in [1.807, 2.05) is 34.9 Å². The monoisotopic (exact) mass is 497 g/mol. The van der Waals surface area contributed by atoms with E-state index in [1.165, 1.54) is 16.9 Å². The molecule has 8 nitrogen and oxygen atoms in total. The van der Waals surface area contributed by atoms with Gasteiger partial charge >= 0.3 is 6.03 Å². The lowest BCUT2D eigenvalue weighted by atomic mass is 9.98. The van der Waals surface area contributed by atoms with Crippen LogP contribution in [0.4, 0.5) is 15.6 Å². The number of fused-ring (bicyclic) bond motifs is 1. The third kappa shape index (κ3) is 5.16. The van der Waals surface area contributed by atoms with Gasteiger partial charge < -0.3 is 24.8 Å². The number of benzene rings is 1. The van der Waals surface area contributed by atoms with Crippen LogP contribution in [-0.4, -0.2) is 79.2 Å². The highest BCUT2D eigenvalue weighted by molar-refractivity contribution is 7.17. The lowest BCUT2D eigenvalue weighted by Crippen LogP contribution is -2.48. The van der Waals surface area contributed by atoms with Crippen molar-refractivity contribution < 1.29 is 14.3 Å². The Morgan fingerprint density at radius 3 is 2.60 bits per heavy atom. The van der Waals surface area contributed by atoms with Crippen LogP contribution in [0.5, 0.6) is 0 Å². The summed E-state index contributed by atoms with van der Waals surface area (Å²) in [6.45, 7) is 6.70. The molecule has 3 aliphatic heterocycles. The van der Waals surface area contributed by atoms with Crippen LogP contribution in [0.1, 0.15) is 46.6 Å². The van der Waals surface area contributed by atoms with Gasteiger partial charge in [-0.25, -0.2) is 9.78 Å². The number of para-hydroxylation sites is 1. The fourth-order valence-corrected chi connectivity index (χ4v) is 6.59. The Hall–Kier alpha value is -2.65. The molecule has 2 fully saturated rings. The van der Waals surface area contributed by atoms with E-state index < -0.39 is 0 Å². The summed E-state index contributed by atoms with van der Waals surface area (Å²) in [4.78, 5) is 37.9. The van der Waals surface area contributed by atoms with E-state index in [0.29, 0.717) is 5.92 Å². The van der Waals surface area contributed by atoms with Crippen molar-refractivity contribution in [3.05, 3.63) is 40.4 Å². The smallest absolute Gasteiger partial charge is 0.322 e. The number of carbonyl (C=O) groups excluding carboxylic acids is 2. The Morgan fingerprint density at radius 1 is 1.11 bits per heavy atom. The molecule has 1 aromatic heterocycles. The summed E-state index contributed by atoms with van der Waals surface area (Å²) in [5, 5.41) is 4.01. The third-order valence-electron chi connectivity index (χ3n) is 7.60. The average Bonchev–Trinajstić information content (AvgIpc) is 3.18. The molecule has 2 saturated heterocycles. The second kappa shape index (κ2) is 10.5. The van der Waals surface area contributed by atoms with Gasteiger partial charge in [0.25, 0.3) is 5.91 Å². The summed E-state index contributed by atoms with van der Waals surface area (Å²) in [5.74, 6) is 0.654. The van der Waals surface area contributed by atoms with Gasteiger partial charge in [0.2, 0.25) is 0 Å². The number of amides is 3. The van der Waals surface area contributed by atoms with Gasteiger partial charge in [0, 0.05) is 58.2 Å². The summed E-state index contributed by atoms with van der Waals surface area (Å²) < 4.78 is 5.28.